The summed E-state index contributed by atoms with van der Waals surface area (Å²) in [6.07, 6.45) is 2.35. The molecular weight excluding hydrogens is 396 g/mol. The third-order valence-electron chi connectivity index (χ3n) is 4.39. The van der Waals surface area contributed by atoms with E-state index >= 15 is 0 Å². The van der Waals surface area contributed by atoms with Crippen LogP contribution in [0.25, 0.3) is 0 Å². The average molecular weight is 419 g/mol. The van der Waals surface area contributed by atoms with Gasteiger partial charge in [0.1, 0.15) is 0 Å². The monoisotopic (exact) mass is 418 g/mol. The third kappa shape index (κ3) is 4.04. The van der Waals surface area contributed by atoms with Gasteiger partial charge in [-0.15, -0.1) is 0 Å². The first-order chi connectivity index (χ1) is 11.5. The van der Waals surface area contributed by atoms with Crippen molar-refractivity contribution < 1.29 is 17.9 Å². The second-order valence-electron chi connectivity index (χ2n) is 6.18. The lowest BCUT2D eigenvalue weighted by Gasteiger charge is -2.31. The van der Waals surface area contributed by atoms with Gasteiger partial charge in [-0.25, -0.2) is 12.7 Å². The van der Waals surface area contributed by atoms with Crippen LogP contribution in [0.3, 0.4) is 0 Å². The van der Waals surface area contributed by atoms with Gasteiger partial charge in [0.25, 0.3) is 0 Å². The summed E-state index contributed by atoms with van der Waals surface area (Å²) in [5.41, 5.74) is 1.12. The largest absolute Gasteiger partial charge is 0.454 e. The Labute approximate surface area is 151 Å². The highest BCUT2D eigenvalue weighted by atomic mass is 79.9. The van der Waals surface area contributed by atoms with E-state index in [-0.39, 0.29) is 12.5 Å². The Kier molecular flexibility index (Phi) is 5.69. The Balaban J connectivity index is 1.52. The van der Waals surface area contributed by atoms with Gasteiger partial charge < -0.3 is 14.8 Å². The number of fused-ring (bicyclic) bond motifs is 1. The smallest absolute Gasteiger partial charge is 0.231 e. The lowest BCUT2D eigenvalue weighted by atomic mass is 10.1. The van der Waals surface area contributed by atoms with Crippen LogP contribution in [0.2, 0.25) is 0 Å². The molecule has 2 aliphatic rings. The number of sulfonamides is 1. The van der Waals surface area contributed by atoms with Gasteiger partial charge in [0.15, 0.2) is 11.5 Å². The molecular formula is C16H23BrN2O4S. The molecule has 1 aromatic carbocycles. The van der Waals surface area contributed by atoms with E-state index in [0.717, 1.165) is 40.9 Å². The maximum atomic E-state index is 12.1. The summed E-state index contributed by atoms with van der Waals surface area (Å²) in [4.78, 5) is 0. The fourth-order valence-corrected chi connectivity index (χ4v) is 5.26. The van der Waals surface area contributed by atoms with Crippen molar-refractivity contribution in [3.8, 4) is 11.5 Å². The van der Waals surface area contributed by atoms with Crippen LogP contribution in [0.15, 0.2) is 16.6 Å². The summed E-state index contributed by atoms with van der Waals surface area (Å²) in [5, 5.41) is 3.52. The minimum absolute atomic E-state index is 0.246. The Morgan fingerprint density at radius 2 is 2.04 bits per heavy atom. The Morgan fingerprint density at radius 3 is 2.75 bits per heavy atom. The van der Waals surface area contributed by atoms with Gasteiger partial charge in [0.2, 0.25) is 16.8 Å². The lowest BCUT2D eigenvalue weighted by Crippen LogP contribution is -2.45. The molecule has 2 aliphatic heterocycles. The van der Waals surface area contributed by atoms with E-state index in [9.17, 15) is 8.42 Å². The van der Waals surface area contributed by atoms with Gasteiger partial charge in [-0.2, -0.15) is 0 Å². The first kappa shape index (κ1) is 18.0. The van der Waals surface area contributed by atoms with E-state index < -0.39 is 10.0 Å². The zero-order chi connectivity index (χ0) is 17.2. The number of ether oxygens (including phenoxy) is 2. The molecule has 0 radical (unpaired) electrons. The van der Waals surface area contributed by atoms with Gasteiger partial charge in [-0.05, 0) is 52.9 Å². The van der Waals surface area contributed by atoms with Crippen LogP contribution < -0.4 is 14.8 Å². The number of hydrogen-bond donors (Lipinski definition) is 1. The van der Waals surface area contributed by atoms with Crippen molar-refractivity contribution >= 4 is 26.0 Å². The molecule has 1 saturated heterocycles. The van der Waals surface area contributed by atoms with Crippen molar-refractivity contribution in [1.29, 1.82) is 0 Å². The molecule has 134 valence electrons. The Morgan fingerprint density at radius 1 is 1.29 bits per heavy atom. The molecule has 24 heavy (non-hydrogen) atoms. The average Bonchev–Trinajstić information content (AvgIpc) is 3.02. The summed E-state index contributed by atoms with van der Waals surface area (Å²) in [6, 6.07) is 4.35. The maximum Gasteiger partial charge on any atom is 0.231 e. The first-order valence-corrected chi connectivity index (χ1v) is 10.7. The number of halogens is 1. The highest BCUT2D eigenvalue weighted by molar-refractivity contribution is 9.10. The SMILES string of the molecule is CCCS(=O)(=O)N1CCC(NCc2cc(Br)c3c(c2)OCO3)CC1. The Bertz CT molecular complexity index is 688. The maximum absolute atomic E-state index is 12.1. The van der Waals surface area contributed by atoms with Crippen molar-refractivity contribution in [3.05, 3.63) is 22.2 Å². The molecule has 3 rings (SSSR count). The second-order valence-corrected chi connectivity index (χ2v) is 9.12. The number of nitrogens with one attached hydrogen (secondary N) is 1. The lowest BCUT2D eigenvalue weighted by molar-refractivity contribution is 0.173. The predicted octanol–water partition coefficient (Wildman–Crippen LogP) is 2.47. The van der Waals surface area contributed by atoms with Crippen LogP contribution in [-0.2, 0) is 16.6 Å². The minimum atomic E-state index is -3.07. The Hall–Kier alpha value is -0.830. The molecule has 1 N–H and O–H groups in total. The van der Waals surface area contributed by atoms with E-state index in [2.05, 4.69) is 21.2 Å². The number of benzene rings is 1. The van der Waals surface area contributed by atoms with E-state index in [4.69, 9.17) is 9.47 Å². The summed E-state index contributed by atoms with van der Waals surface area (Å²) in [5.74, 6) is 1.77. The molecule has 0 atom stereocenters. The molecule has 0 saturated carbocycles. The van der Waals surface area contributed by atoms with Crippen molar-refractivity contribution in [2.45, 2.75) is 38.8 Å². The zero-order valence-electron chi connectivity index (χ0n) is 13.8. The fourth-order valence-electron chi connectivity index (χ4n) is 3.11. The van der Waals surface area contributed by atoms with Gasteiger partial charge in [0.05, 0.1) is 10.2 Å². The summed E-state index contributed by atoms with van der Waals surface area (Å²) >= 11 is 3.50. The summed E-state index contributed by atoms with van der Waals surface area (Å²) in [7, 11) is -3.07. The molecule has 0 amide bonds. The summed E-state index contributed by atoms with van der Waals surface area (Å²) in [6.45, 7) is 4.09. The molecule has 8 heteroatoms. The van der Waals surface area contributed by atoms with E-state index in [0.29, 0.717) is 25.6 Å². The van der Waals surface area contributed by atoms with Gasteiger partial charge in [-0.1, -0.05) is 6.92 Å². The van der Waals surface area contributed by atoms with Crippen LogP contribution in [0.1, 0.15) is 31.7 Å². The molecule has 0 aliphatic carbocycles. The van der Waals surface area contributed by atoms with Crippen LogP contribution in [-0.4, -0.2) is 44.4 Å². The van der Waals surface area contributed by atoms with E-state index in [1.807, 2.05) is 19.1 Å². The number of hydrogen-bond acceptors (Lipinski definition) is 5. The van der Waals surface area contributed by atoms with Crippen molar-refractivity contribution in [1.82, 2.24) is 9.62 Å². The minimum Gasteiger partial charge on any atom is -0.454 e. The van der Waals surface area contributed by atoms with Crippen LogP contribution in [0.4, 0.5) is 0 Å². The first-order valence-electron chi connectivity index (χ1n) is 8.29. The molecule has 1 fully saturated rings. The highest BCUT2D eigenvalue weighted by Crippen LogP contribution is 2.40. The van der Waals surface area contributed by atoms with Crippen LogP contribution >= 0.6 is 15.9 Å². The summed E-state index contributed by atoms with van der Waals surface area (Å²) < 4.78 is 37.5. The molecule has 6 nitrogen and oxygen atoms in total. The molecule has 0 unspecified atom stereocenters. The molecule has 0 bridgehead atoms. The van der Waals surface area contributed by atoms with Gasteiger partial charge in [-0.3, -0.25) is 0 Å². The normalized spacial score (nSPS) is 18.9. The van der Waals surface area contributed by atoms with Crippen LogP contribution in [0, 0.1) is 0 Å². The third-order valence-corrected chi connectivity index (χ3v) is 7.06. The number of nitrogens with zero attached hydrogens (tertiary/aromatic N) is 1. The predicted molar refractivity (Wildman–Crippen MR) is 95.8 cm³/mol. The molecule has 0 spiro atoms. The standard InChI is InChI=1S/C16H23BrN2O4S/c1-2-7-24(20,21)19-5-3-13(4-6-19)18-10-12-8-14(17)16-15(9-12)22-11-23-16/h8-9,13,18H,2-7,10-11H2,1H3. The van der Waals surface area contributed by atoms with E-state index in [1.165, 1.54) is 0 Å². The zero-order valence-corrected chi connectivity index (χ0v) is 16.2. The number of rotatable bonds is 6. The molecule has 2 heterocycles. The van der Waals surface area contributed by atoms with Crippen molar-refractivity contribution in [2.24, 2.45) is 0 Å². The highest BCUT2D eigenvalue weighted by Gasteiger charge is 2.27. The van der Waals surface area contributed by atoms with Crippen LogP contribution in [0.5, 0.6) is 11.5 Å². The second kappa shape index (κ2) is 7.59. The van der Waals surface area contributed by atoms with Gasteiger partial charge >= 0.3 is 0 Å². The quantitative estimate of drug-likeness (QED) is 0.768. The van der Waals surface area contributed by atoms with Gasteiger partial charge in [0, 0.05) is 25.7 Å². The number of piperidine rings is 1. The van der Waals surface area contributed by atoms with E-state index in [1.54, 1.807) is 4.31 Å². The molecule has 0 aromatic heterocycles. The molecule has 1 aromatic rings. The van der Waals surface area contributed by atoms with Crippen molar-refractivity contribution in [2.75, 3.05) is 25.6 Å². The van der Waals surface area contributed by atoms with Crippen molar-refractivity contribution in [3.63, 3.8) is 0 Å². The topological polar surface area (TPSA) is 67.9 Å². The fraction of sp³-hybridized carbons (Fsp3) is 0.625.